The average molecular weight is 781 g/mol. The zero-order valence-electron chi connectivity index (χ0n) is 33.5. The van der Waals surface area contributed by atoms with Crippen LogP contribution in [0.1, 0.15) is 74.3 Å². The van der Waals surface area contributed by atoms with E-state index >= 15 is 0 Å². The van der Waals surface area contributed by atoms with Gasteiger partial charge in [-0.25, -0.2) is 33.7 Å². The highest BCUT2D eigenvalue weighted by molar-refractivity contribution is 6.12. The Balaban J connectivity index is 1.58. The third-order valence-corrected chi connectivity index (χ3v) is 8.32. The number of hydrogen-bond donors (Lipinski definition) is 1. The number of piperidine rings is 1. The zero-order chi connectivity index (χ0) is 41.2. The summed E-state index contributed by atoms with van der Waals surface area (Å²) >= 11 is 0. The molecule has 0 spiro atoms. The first-order valence-electron chi connectivity index (χ1n) is 18.2. The van der Waals surface area contributed by atoms with E-state index in [2.05, 4.69) is 25.3 Å². The summed E-state index contributed by atoms with van der Waals surface area (Å²) in [6, 6.07) is 5.85. The van der Waals surface area contributed by atoms with Crippen molar-refractivity contribution in [1.82, 2.24) is 29.8 Å². The van der Waals surface area contributed by atoms with Gasteiger partial charge in [0.05, 0.1) is 50.3 Å². The Morgan fingerprint density at radius 1 is 0.893 bits per heavy atom. The zero-order valence-corrected chi connectivity index (χ0v) is 33.5. The maximum absolute atomic E-state index is 14.9. The van der Waals surface area contributed by atoms with E-state index in [1.807, 2.05) is 4.90 Å². The number of imide groups is 1. The van der Waals surface area contributed by atoms with Crippen LogP contribution in [0.4, 0.5) is 34.7 Å². The molecule has 302 valence electrons. The van der Waals surface area contributed by atoms with Crippen molar-refractivity contribution in [3.8, 4) is 17.0 Å². The van der Waals surface area contributed by atoms with Crippen LogP contribution in [0.15, 0.2) is 43.1 Å². The van der Waals surface area contributed by atoms with E-state index in [-0.39, 0.29) is 29.3 Å². The number of pyridine rings is 1. The predicted molar refractivity (Wildman–Crippen MR) is 205 cm³/mol. The topological polar surface area (TPSA) is 163 Å². The molecule has 1 aliphatic heterocycles. The van der Waals surface area contributed by atoms with Crippen molar-refractivity contribution >= 4 is 40.9 Å². The van der Waals surface area contributed by atoms with Crippen molar-refractivity contribution in [2.45, 2.75) is 98.1 Å². The molecule has 56 heavy (non-hydrogen) atoms. The predicted octanol–water partition coefficient (Wildman–Crippen LogP) is 7.45. The number of nitrogens with one attached hydrogen (secondary N) is 1. The van der Waals surface area contributed by atoms with Crippen LogP contribution in [0.2, 0.25) is 0 Å². The van der Waals surface area contributed by atoms with E-state index in [1.165, 1.54) is 31.9 Å². The van der Waals surface area contributed by atoms with Gasteiger partial charge in [-0.15, -0.1) is 0 Å². The van der Waals surface area contributed by atoms with Crippen LogP contribution < -0.4 is 19.9 Å². The molecule has 4 aromatic rings. The molecule has 1 fully saturated rings. The van der Waals surface area contributed by atoms with Gasteiger partial charge in [0, 0.05) is 24.6 Å². The summed E-state index contributed by atoms with van der Waals surface area (Å²) in [6.07, 6.45) is 2.06. The quantitative estimate of drug-likeness (QED) is 0.176. The Labute approximate surface area is 324 Å². The number of fused-ring (bicyclic) bond motifs is 1. The van der Waals surface area contributed by atoms with E-state index in [1.54, 1.807) is 85.2 Å². The number of benzene rings is 1. The summed E-state index contributed by atoms with van der Waals surface area (Å²) in [6.45, 7) is 15.4. The second kappa shape index (κ2) is 16.2. The van der Waals surface area contributed by atoms with Gasteiger partial charge in [-0.3, -0.25) is 9.37 Å². The van der Waals surface area contributed by atoms with Crippen molar-refractivity contribution in [3.05, 3.63) is 54.5 Å². The van der Waals surface area contributed by atoms with Crippen LogP contribution in [0, 0.1) is 11.7 Å². The van der Waals surface area contributed by atoms with Gasteiger partial charge < -0.3 is 33.7 Å². The van der Waals surface area contributed by atoms with Crippen molar-refractivity contribution in [2.75, 3.05) is 36.7 Å². The first-order valence-corrected chi connectivity index (χ1v) is 18.2. The third-order valence-electron chi connectivity index (χ3n) is 8.32. The molecule has 15 nitrogen and oxygen atoms in total. The van der Waals surface area contributed by atoms with E-state index in [0.29, 0.717) is 46.9 Å². The molecule has 2 atom stereocenters. The molecule has 0 saturated carbocycles. The maximum atomic E-state index is 14.9. The summed E-state index contributed by atoms with van der Waals surface area (Å²) in [7, 11) is 1.38. The molecular weight excluding hydrogens is 730 g/mol. The largest absolute Gasteiger partial charge is 0.494 e. The van der Waals surface area contributed by atoms with Crippen LogP contribution in [0.25, 0.3) is 22.4 Å². The summed E-state index contributed by atoms with van der Waals surface area (Å²) in [4.78, 5) is 60.3. The Morgan fingerprint density at radius 3 is 2.14 bits per heavy atom. The molecule has 1 aliphatic rings. The molecule has 1 N–H and O–H groups in total. The molecule has 3 aromatic heterocycles. The number of carbonyl (C=O) groups excluding carboxylic acids is 3. The lowest BCUT2D eigenvalue weighted by Crippen LogP contribution is -2.52. The van der Waals surface area contributed by atoms with Crippen LogP contribution >= 0.6 is 0 Å². The Hall–Kier alpha value is -5.61. The second-order valence-electron chi connectivity index (χ2n) is 16.6. The van der Waals surface area contributed by atoms with Gasteiger partial charge in [-0.2, -0.15) is 4.90 Å². The fourth-order valence-electron chi connectivity index (χ4n) is 6.17. The smallest absolute Gasteiger partial charge is 0.425 e. The fraction of sp³-hybridized carbons (Fsp3) is 0.513. The lowest BCUT2D eigenvalue weighted by molar-refractivity contribution is 0.0425. The van der Waals surface area contributed by atoms with Gasteiger partial charge in [0.25, 0.3) is 0 Å². The minimum atomic E-state index is -1.02. The van der Waals surface area contributed by atoms with Gasteiger partial charge in [0.1, 0.15) is 23.1 Å². The highest BCUT2D eigenvalue weighted by Gasteiger charge is 2.36. The van der Waals surface area contributed by atoms with E-state index in [0.717, 1.165) is 0 Å². The average Bonchev–Trinajstić information content (AvgIpc) is 3.49. The molecule has 17 heteroatoms. The Kier molecular flexibility index (Phi) is 12.0. The number of halogens is 2. The van der Waals surface area contributed by atoms with E-state index in [4.69, 9.17) is 18.9 Å². The number of carbonyl (C=O) groups is 3. The normalized spacial score (nSPS) is 16.3. The number of alkyl carbamates (subject to hydrolysis) is 1. The first kappa shape index (κ1) is 41.6. The molecular formula is C39H50F2N8O7. The molecule has 1 aromatic carbocycles. The lowest BCUT2D eigenvalue weighted by Gasteiger charge is -2.39. The number of amides is 3. The fourth-order valence-corrected chi connectivity index (χ4v) is 6.17. The first-order chi connectivity index (χ1) is 26.1. The monoisotopic (exact) mass is 780 g/mol. The van der Waals surface area contributed by atoms with Gasteiger partial charge in [-0.1, -0.05) is 0 Å². The number of methoxy groups -OCH3 is 1. The molecule has 0 unspecified atom stereocenters. The SMILES string of the molecule is COc1ccc(-c2cc(Cn3cnc4c(N(C(=O)OC(C)(C)C)C(=O)OC(C)(C)C)ncnc43)c(N3C[C@H](CF)C[C@@H](NC(=O)OC(C)(C)C)C3)cn2)cc1F. The van der Waals surface area contributed by atoms with E-state index < -0.39 is 59.5 Å². The summed E-state index contributed by atoms with van der Waals surface area (Å²) in [5.41, 5.74) is -0.0652. The standard InChI is InChI=1S/C39H50F2N8O7/c1-37(2,3)54-34(50)46-26-13-23(16-40)18-47(20-26)29-17-42-28(24-11-12-30(53-10)27(41)14-24)15-25(29)19-48-22-45-31-32(48)43-21-44-33(31)49(35(51)55-38(4,5)6)36(52)56-39(7,8)9/h11-12,14-15,17,21-23,26H,13,16,18-20H2,1-10H3,(H,46,50)/t23-,26+/m0/s1. The number of hydrogen-bond acceptors (Lipinski definition) is 12. The lowest BCUT2D eigenvalue weighted by atomic mass is 9.94. The number of rotatable bonds is 8. The molecule has 4 heterocycles. The highest BCUT2D eigenvalue weighted by atomic mass is 19.1. The van der Waals surface area contributed by atoms with Crippen molar-refractivity contribution < 1.29 is 42.1 Å². The van der Waals surface area contributed by atoms with Gasteiger partial charge in [0.2, 0.25) is 0 Å². The number of alkyl halides is 1. The van der Waals surface area contributed by atoms with Crippen LogP contribution in [0.3, 0.4) is 0 Å². The summed E-state index contributed by atoms with van der Waals surface area (Å²) < 4.78 is 52.7. The minimum Gasteiger partial charge on any atom is -0.494 e. The van der Waals surface area contributed by atoms with Crippen LogP contribution in [-0.2, 0) is 20.8 Å². The molecule has 3 amide bonds. The van der Waals surface area contributed by atoms with Crippen LogP contribution in [0.5, 0.6) is 5.75 Å². The summed E-state index contributed by atoms with van der Waals surface area (Å²) in [5, 5.41) is 2.89. The molecule has 0 aliphatic carbocycles. The second-order valence-corrected chi connectivity index (χ2v) is 16.6. The number of imidazole rings is 1. The molecule has 0 radical (unpaired) electrons. The van der Waals surface area contributed by atoms with Crippen molar-refractivity contribution in [3.63, 3.8) is 0 Å². The molecule has 1 saturated heterocycles. The Bertz CT molecular complexity index is 2040. The van der Waals surface area contributed by atoms with Crippen LogP contribution in [-0.4, -0.2) is 92.5 Å². The van der Waals surface area contributed by atoms with Gasteiger partial charge in [0.15, 0.2) is 28.5 Å². The van der Waals surface area contributed by atoms with E-state index in [9.17, 15) is 23.2 Å². The third kappa shape index (κ3) is 10.4. The van der Waals surface area contributed by atoms with Gasteiger partial charge >= 0.3 is 18.3 Å². The number of anilines is 2. The minimum absolute atomic E-state index is 0.0758. The number of ether oxygens (including phenoxy) is 4. The highest BCUT2D eigenvalue weighted by Crippen LogP contribution is 2.33. The van der Waals surface area contributed by atoms with Gasteiger partial charge in [-0.05, 0) is 98.6 Å². The molecule has 0 bridgehead atoms. The van der Waals surface area contributed by atoms with Crippen molar-refractivity contribution in [2.24, 2.45) is 5.92 Å². The summed E-state index contributed by atoms with van der Waals surface area (Å²) in [5.74, 6) is -1.06. The number of nitrogens with zero attached hydrogens (tertiary/aromatic N) is 7. The Morgan fingerprint density at radius 2 is 1.55 bits per heavy atom. The maximum Gasteiger partial charge on any atom is 0.425 e. The molecule has 5 rings (SSSR count). The number of aromatic nitrogens is 5. The van der Waals surface area contributed by atoms with Crippen molar-refractivity contribution in [1.29, 1.82) is 0 Å².